The van der Waals surface area contributed by atoms with E-state index in [4.69, 9.17) is 9.47 Å². The molecule has 0 spiro atoms. The number of anilines is 2. The maximum absolute atomic E-state index is 11.7. The van der Waals surface area contributed by atoms with Crippen LogP contribution in [-0.2, 0) is 9.84 Å². The molecule has 0 aliphatic carbocycles. The van der Waals surface area contributed by atoms with Crippen LogP contribution in [0.4, 0.5) is 11.6 Å². The van der Waals surface area contributed by atoms with Gasteiger partial charge >= 0.3 is 0 Å². The SMILES string of the molecule is CCOc1ccc(Nc2ncc3ccn(-c4ccc(S(C)(=O)=O)cc4)c3n2)cc1OCC. The predicted octanol–water partition coefficient (Wildman–Crippen LogP) is 4.37. The first kappa shape index (κ1) is 21.6. The van der Waals surface area contributed by atoms with Crippen molar-refractivity contribution in [1.82, 2.24) is 14.5 Å². The van der Waals surface area contributed by atoms with Crippen LogP contribution in [0.1, 0.15) is 13.8 Å². The fourth-order valence-electron chi connectivity index (χ4n) is 3.30. The number of nitrogens with one attached hydrogen (secondary N) is 1. The molecule has 4 rings (SSSR count). The van der Waals surface area contributed by atoms with Crippen LogP contribution in [0.5, 0.6) is 11.5 Å². The van der Waals surface area contributed by atoms with Crippen molar-refractivity contribution in [2.45, 2.75) is 18.7 Å². The average molecular weight is 453 g/mol. The summed E-state index contributed by atoms with van der Waals surface area (Å²) >= 11 is 0. The molecule has 2 heterocycles. The van der Waals surface area contributed by atoms with Gasteiger partial charge in [0.2, 0.25) is 5.95 Å². The summed E-state index contributed by atoms with van der Waals surface area (Å²) < 4.78 is 36.6. The van der Waals surface area contributed by atoms with Gasteiger partial charge in [-0.2, -0.15) is 4.98 Å². The van der Waals surface area contributed by atoms with Crippen LogP contribution in [-0.4, -0.2) is 42.4 Å². The van der Waals surface area contributed by atoms with Gasteiger partial charge < -0.3 is 19.4 Å². The molecule has 2 aromatic heterocycles. The molecule has 8 nitrogen and oxygen atoms in total. The number of hydrogen-bond donors (Lipinski definition) is 1. The molecule has 0 fully saturated rings. The molecule has 0 saturated carbocycles. The van der Waals surface area contributed by atoms with E-state index >= 15 is 0 Å². The monoisotopic (exact) mass is 452 g/mol. The maximum Gasteiger partial charge on any atom is 0.229 e. The van der Waals surface area contributed by atoms with Crippen LogP contribution < -0.4 is 14.8 Å². The lowest BCUT2D eigenvalue weighted by Crippen LogP contribution is -2.02. The summed E-state index contributed by atoms with van der Waals surface area (Å²) in [5, 5.41) is 4.08. The topological polar surface area (TPSA) is 95.3 Å². The van der Waals surface area contributed by atoms with E-state index in [9.17, 15) is 8.42 Å². The van der Waals surface area contributed by atoms with Gasteiger partial charge in [-0.25, -0.2) is 13.4 Å². The predicted molar refractivity (Wildman–Crippen MR) is 124 cm³/mol. The molecule has 9 heteroatoms. The fraction of sp³-hybridized carbons (Fsp3) is 0.217. The molecule has 4 aromatic rings. The number of ether oxygens (including phenoxy) is 2. The molecule has 1 N–H and O–H groups in total. The summed E-state index contributed by atoms with van der Waals surface area (Å²) in [4.78, 5) is 9.34. The summed E-state index contributed by atoms with van der Waals surface area (Å²) in [6, 6.07) is 14.2. The fourth-order valence-corrected chi connectivity index (χ4v) is 3.93. The van der Waals surface area contributed by atoms with Crippen molar-refractivity contribution < 1.29 is 17.9 Å². The minimum atomic E-state index is -3.25. The van der Waals surface area contributed by atoms with Crippen molar-refractivity contribution in [3.8, 4) is 17.2 Å². The number of hydrogen-bond acceptors (Lipinski definition) is 7. The van der Waals surface area contributed by atoms with Gasteiger partial charge in [-0.15, -0.1) is 0 Å². The first-order valence-electron chi connectivity index (χ1n) is 10.2. The van der Waals surface area contributed by atoms with Gasteiger partial charge in [-0.05, 0) is 56.3 Å². The Kier molecular flexibility index (Phi) is 6.00. The van der Waals surface area contributed by atoms with E-state index in [1.165, 1.54) is 6.26 Å². The zero-order valence-electron chi connectivity index (χ0n) is 18.1. The summed E-state index contributed by atoms with van der Waals surface area (Å²) in [5.41, 5.74) is 2.27. The third-order valence-corrected chi connectivity index (χ3v) is 5.90. The van der Waals surface area contributed by atoms with E-state index in [1.54, 1.807) is 30.5 Å². The molecule has 0 aliphatic rings. The Balaban J connectivity index is 1.65. The minimum Gasteiger partial charge on any atom is -0.490 e. The van der Waals surface area contributed by atoms with Crippen molar-refractivity contribution in [3.63, 3.8) is 0 Å². The molecule has 0 atom stereocenters. The van der Waals surface area contributed by atoms with Gasteiger partial charge in [-0.3, -0.25) is 0 Å². The van der Waals surface area contributed by atoms with E-state index in [0.29, 0.717) is 36.3 Å². The lowest BCUT2D eigenvalue weighted by atomic mass is 10.2. The second kappa shape index (κ2) is 8.88. The first-order valence-corrected chi connectivity index (χ1v) is 12.1. The van der Waals surface area contributed by atoms with Crippen molar-refractivity contribution in [3.05, 3.63) is 60.9 Å². The quantitative estimate of drug-likeness (QED) is 0.424. The third kappa shape index (κ3) is 4.52. The highest BCUT2D eigenvalue weighted by molar-refractivity contribution is 7.90. The molecule has 0 saturated heterocycles. The van der Waals surface area contributed by atoms with E-state index < -0.39 is 9.84 Å². The number of fused-ring (bicyclic) bond motifs is 1. The molecule has 0 aliphatic heterocycles. The molecular weight excluding hydrogens is 428 g/mol. The van der Waals surface area contributed by atoms with E-state index in [2.05, 4.69) is 15.3 Å². The second-order valence-electron chi connectivity index (χ2n) is 7.08. The molecule has 32 heavy (non-hydrogen) atoms. The molecular formula is C23H24N4O4S. The summed E-state index contributed by atoms with van der Waals surface area (Å²) in [5.74, 6) is 1.76. The summed E-state index contributed by atoms with van der Waals surface area (Å²) in [6.45, 7) is 4.92. The number of benzene rings is 2. The largest absolute Gasteiger partial charge is 0.490 e. The van der Waals surface area contributed by atoms with Crippen molar-refractivity contribution >= 4 is 32.5 Å². The molecule has 2 aromatic carbocycles. The number of aromatic nitrogens is 3. The van der Waals surface area contributed by atoms with E-state index in [0.717, 1.165) is 16.8 Å². The first-order chi connectivity index (χ1) is 15.4. The third-order valence-electron chi connectivity index (χ3n) is 4.77. The van der Waals surface area contributed by atoms with Crippen molar-refractivity contribution in [2.75, 3.05) is 24.8 Å². The van der Waals surface area contributed by atoms with Gasteiger partial charge in [0.1, 0.15) is 5.65 Å². The Labute approximate surface area is 186 Å². The van der Waals surface area contributed by atoms with E-state index in [1.807, 2.05) is 48.9 Å². The van der Waals surface area contributed by atoms with Gasteiger partial charge in [0, 0.05) is 41.5 Å². The van der Waals surface area contributed by atoms with Crippen LogP contribution in [0.3, 0.4) is 0 Å². The molecule has 166 valence electrons. The Morgan fingerprint density at radius 2 is 1.69 bits per heavy atom. The van der Waals surface area contributed by atoms with Gasteiger partial charge in [-0.1, -0.05) is 0 Å². The normalized spacial score (nSPS) is 11.5. The molecule has 0 amide bonds. The average Bonchev–Trinajstić information content (AvgIpc) is 3.19. The van der Waals surface area contributed by atoms with Crippen molar-refractivity contribution in [2.24, 2.45) is 0 Å². The lowest BCUT2D eigenvalue weighted by Gasteiger charge is -2.13. The Morgan fingerprint density at radius 1 is 0.969 bits per heavy atom. The van der Waals surface area contributed by atoms with Crippen LogP contribution >= 0.6 is 0 Å². The van der Waals surface area contributed by atoms with Gasteiger partial charge in [0.05, 0.1) is 18.1 Å². The van der Waals surface area contributed by atoms with Gasteiger partial charge in [0.15, 0.2) is 21.3 Å². The minimum absolute atomic E-state index is 0.273. The summed E-state index contributed by atoms with van der Waals surface area (Å²) in [6.07, 6.45) is 4.81. The molecule has 0 bridgehead atoms. The maximum atomic E-state index is 11.7. The molecule has 0 unspecified atom stereocenters. The van der Waals surface area contributed by atoms with Crippen LogP contribution in [0.2, 0.25) is 0 Å². The Hall–Kier alpha value is -3.59. The van der Waals surface area contributed by atoms with E-state index in [-0.39, 0.29) is 4.90 Å². The van der Waals surface area contributed by atoms with Crippen LogP contribution in [0.25, 0.3) is 16.7 Å². The lowest BCUT2D eigenvalue weighted by molar-refractivity contribution is 0.288. The van der Waals surface area contributed by atoms with Crippen LogP contribution in [0, 0.1) is 0 Å². The zero-order chi connectivity index (χ0) is 22.7. The van der Waals surface area contributed by atoms with Crippen LogP contribution in [0.15, 0.2) is 65.8 Å². The second-order valence-corrected chi connectivity index (χ2v) is 9.09. The smallest absolute Gasteiger partial charge is 0.229 e. The number of nitrogens with zero attached hydrogens (tertiary/aromatic N) is 3. The van der Waals surface area contributed by atoms with Gasteiger partial charge in [0.25, 0.3) is 0 Å². The molecule has 0 radical (unpaired) electrons. The zero-order valence-corrected chi connectivity index (χ0v) is 18.9. The highest BCUT2D eigenvalue weighted by atomic mass is 32.2. The standard InChI is InChI=1S/C23H24N4O4S/c1-4-30-20-11-6-17(14-21(20)31-5-2)25-23-24-15-16-12-13-27(22(16)26-23)18-7-9-19(10-8-18)32(3,28)29/h6-15H,4-5H2,1-3H3,(H,24,25,26). The highest BCUT2D eigenvalue weighted by Gasteiger charge is 2.11. The number of rotatable bonds is 8. The Bertz CT molecular complexity index is 1350. The Morgan fingerprint density at radius 3 is 2.38 bits per heavy atom. The number of sulfone groups is 1. The van der Waals surface area contributed by atoms with Crippen molar-refractivity contribution in [1.29, 1.82) is 0 Å². The highest BCUT2D eigenvalue weighted by Crippen LogP contribution is 2.31. The summed E-state index contributed by atoms with van der Waals surface area (Å²) in [7, 11) is -3.25.